The molecular formula is C16H24N7O5+. The van der Waals surface area contributed by atoms with Gasteiger partial charge in [-0.3, -0.25) is 4.79 Å². The smallest absolute Gasteiger partial charge is 0.361 e. The topological polar surface area (TPSA) is 153 Å². The quantitative estimate of drug-likeness (QED) is 0.546. The Labute approximate surface area is 160 Å². The Morgan fingerprint density at radius 2 is 1.93 bits per heavy atom. The van der Waals surface area contributed by atoms with E-state index >= 15 is 0 Å². The number of quaternary nitrogens is 1. The third-order valence-electron chi connectivity index (χ3n) is 4.66. The lowest BCUT2D eigenvalue weighted by atomic mass is 9.97. The monoisotopic (exact) mass is 394 g/mol. The fourth-order valence-corrected chi connectivity index (χ4v) is 3.26. The van der Waals surface area contributed by atoms with Crippen LogP contribution in [0.5, 0.6) is 0 Å². The van der Waals surface area contributed by atoms with Crippen molar-refractivity contribution in [3.63, 3.8) is 0 Å². The summed E-state index contributed by atoms with van der Waals surface area (Å²) in [4.78, 5) is 25.4. The van der Waals surface area contributed by atoms with E-state index in [9.17, 15) is 9.59 Å². The summed E-state index contributed by atoms with van der Waals surface area (Å²) in [7, 11) is 0. The second-order valence-corrected chi connectivity index (χ2v) is 6.44. The lowest BCUT2D eigenvalue weighted by molar-refractivity contribution is -0.919. The van der Waals surface area contributed by atoms with E-state index in [1.807, 2.05) is 0 Å². The zero-order valence-corrected chi connectivity index (χ0v) is 15.9. The Morgan fingerprint density at radius 1 is 1.21 bits per heavy atom. The molecule has 0 aliphatic carbocycles. The van der Waals surface area contributed by atoms with Crippen molar-refractivity contribution in [2.24, 2.45) is 5.92 Å². The average Bonchev–Trinajstić information content (AvgIpc) is 3.28. The van der Waals surface area contributed by atoms with E-state index in [2.05, 4.69) is 25.3 Å². The maximum Gasteiger partial charge on any atom is 0.361 e. The highest BCUT2D eigenvalue weighted by Crippen LogP contribution is 2.17. The number of aromatic nitrogens is 5. The van der Waals surface area contributed by atoms with Crippen molar-refractivity contribution in [1.82, 2.24) is 25.3 Å². The van der Waals surface area contributed by atoms with Crippen LogP contribution in [-0.4, -0.2) is 63.5 Å². The van der Waals surface area contributed by atoms with Crippen LogP contribution < -0.4 is 10.6 Å². The zero-order valence-electron chi connectivity index (χ0n) is 15.9. The molecule has 1 aliphatic heterocycles. The first-order valence-electron chi connectivity index (χ1n) is 9.25. The normalized spacial score (nSPS) is 19.4. The van der Waals surface area contributed by atoms with Crippen LogP contribution in [0, 0.1) is 5.92 Å². The summed E-state index contributed by atoms with van der Waals surface area (Å²) in [5.41, 5.74) is 6.37. The fraction of sp³-hybridized carbons (Fsp3) is 0.625. The standard InChI is InChI=1S/C16H23N7O5/c1-3-26-15(24)10-5-7-22(8-6-10)9-11-12(16(25)27-4-2)18-21-23(11)14-13(17)19-28-20-14/h10H,3-9H2,1-2H3,(H2,17,19)/p+1. The Hall–Kier alpha value is -3.02. The van der Waals surface area contributed by atoms with Gasteiger partial charge in [-0.2, -0.15) is 4.68 Å². The lowest BCUT2D eigenvalue weighted by Gasteiger charge is -2.28. The number of nitrogens with zero attached hydrogens (tertiary/aromatic N) is 5. The van der Waals surface area contributed by atoms with Crippen molar-refractivity contribution in [3.05, 3.63) is 11.4 Å². The fourth-order valence-electron chi connectivity index (χ4n) is 3.26. The Kier molecular flexibility index (Phi) is 6.19. The largest absolute Gasteiger partial charge is 0.466 e. The van der Waals surface area contributed by atoms with Crippen LogP contribution in [0.4, 0.5) is 5.82 Å². The summed E-state index contributed by atoms with van der Waals surface area (Å²) in [6.45, 7) is 6.03. The van der Waals surface area contributed by atoms with Crippen molar-refractivity contribution >= 4 is 17.8 Å². The molecule has 12 heteroatoms. The number of anilines is 1. The Balaban J connectivity index is 1.79. The van der Waals surface area contributed by atoms with Gasteiger partial charge >= 0.3 is 11.9 Å². The van der Waals surface area contributed by atoms with Crippen LogP contribution in [0.15, 0.2) is 4.63 Å². The highest BCUT2D eigenvalue weighted by molar-refractivity contribution is 5.88. The number of carbonyl (C=O) groups is 2. The first-order chi connectivity index (χ1) is 13.5. The molecule has 0 bridgehead atoms. The van der Waals surface area contributed by atoms with Crippen LogP contribution in [0.3, 0.4) is 0 Å². The van der Waals surface area contributed by atoms with Crippen LogP contribution in [0.2, 0.25) is 0 Å². The molecule has 152 valence electrons. The molecule has 3 N–H and O–H groups in total. The molecule has 12 nitrogen and oxygen atoms in total. The molecule has 3 rings (SSSR count). The van der Waals surface area contributed by atoms with E-state index < -0.39 is 5.97 Å². The number of hydrogen-bond donors (Lipinski definition) is 2. The molecule has 3 heterocycles. The highest BCUT2D eigenvalue weighted by atomic mass is 16.6. The van der Waals surface area contributed by atoms with Crippen LogP contribution in [0.25, 0.3) is 5.82 Å². The summed E-state index contributed by atoms with van der Waals surface area (Å²) in [6, 6.07) is 0. The number of carbonyl (C=O) groups excluding carboxylic acids is 2. The molecule has 0 unspecified atom stereocenters. The van der Waals surface area contributed by atoms with E-state index in [1.54, 1.807) is 13.8 Å². The molecule has 0 radical (unpaired) electrons. The van der Waals surface area contributed by atoms with E-state index in [1.165, 1.54) is 9.58 Å². The molecule has 1 aliphatic rings. The number of ether oxygens (including phenoxy) is 2. The molecule has 2 aromatic heterocycles. The Bertz CT molecular complexity index is 825. The molecule has 1 saturated heterocycles. The van der Waals surface area contributed by atoms with Crippen molar-refractivity contribution in [1.29, 1.82) is 0 Å². The Morgan fingerprint density at radius 3 is 2.54 bits per heavy atom. The van der Waals surface area contributed by atoms with Gasteiger partial charge in [-0.1, -0.05) is 5.21 Å². The zero-order chi connectivity index (χ0) is 20.1. The number of hydrogen-bond acceptors (Lipinski definition) is 10. The number of nitrogens with one attached hydrogen (secondary N) is 1. The van der Waals surface area contributed by atoms with Crippen molar-refractivity contribution < 1.29 is 28.6 Å². The molecular weight excluding hydrogens is 370 g/mol. The molecule has 28 heavy (non-hydrogen) atoms. The second kappa shape index (κ2) is 8.78. The van der Waals surface area contributed by atoms with Crippen LogP contribution >= 0.6 is 0 Å². The van der Waals surface area contributed by atoms with Gasteiger partial charge in [0.05, 0.1) is 32.2 Å². The predicted octanol–water partition coefficient (Wildman–Crippen LogP) is -1.23. The first-order valence-corrected chi connectivity index (χ1v) is 9.25. The van der Waals surface area contributed by atoms with Gasteiger partial charge in [-0.05, 0) is 24.2 Å². The van der Waals surface area contributed by atoms with Gasteiger partial charge in [-0.15, -0.1) is 5.10 Å². The summed E-state index contributed by atoms with van der Waals surface area (Å²) in [5.74, 6) is -0.607. The van der Waals surface area contributed by atoms with Crippen molar-refractivity contribution in [3.8, 4) is 5.82 Å². The van der Waals surface area contributed by atoms with E-state index in [0.29, 0.717) is 31.7 Å². The van der Waals surface area contributed by atoms with Crippen LogP contribution in [-0.2, 0) is 20.8 Å². The second-order valence-electron chi connectivity index (χ2n) is 6.44. The predicted molar refractivity (Wildman–Crippen MR) is 93.3 cm³/mol. The summed E-state index contributed by atoms with van der Waals surface area (Å²) in [5, 5.41) is 15.2. The van der Waals surface area contributed by atoms with Crippen molar-refractivity contribution in [2.75, 3.05) is 32.0 Å². The van der Waals surface area contributed by atoms with Gasteiger partial charge in [0.15, 0.2) is 5.69 Å². The highest BCUT2D eigenvalue weighted by Gasteiger charge is 2.32. The lowest BCUT2D eigenvalue weighted by Crippen LogP contribution is -3.12. The molecule has 0 amide bonds. The molecule has 0 saturated carbocycles. The number of rotatable bonds is 7. The molecule has 1 fully saturated rings. The molecule has 0 aromatic carbocycles. The summed E-state index contributed by atoms with van der Waals surface area (Å²) >= 11 is 0. The third-order valence-corrected chi connectivity index (χ3v) is 4.66. The van der Waals surface area contributed by atoms with Crippen molar-refractivity contribution in [2.45, 2.75) is 33.2 Å². The summed E-state index contributed by atoms with van der Waals surface area (Å²) in [6.07, 6.45) is 1.41. The van der Waals surface area contributed by atoms with Gasteiger partial charge in [0.1, 0.15) is 12.2 Å². The molecule has 0 atom stereocenters. The molecule has 0 spiro atoms. The average molecular weight is 394 g/mol. The van der Waals surface area contributed by atoms with Gasteiger partial charge in [-0.25, -0.2) is 9.42 Å². The molecule has 2 aromatic rings. The number of likely N-dealkylation sites (tertiary alicyclic amines) is 1. The minimum atomic E-state index is -0.570. The maximum absolute atomic E-state index is 12.3. The van der Waals surface area contributed by atoms with E-state index in [0.717, 1.165) is 13.1 Å². The third kappa shape index (κ3) is 4.11. The van der Waals surface area contributed by atoms with Crippen LogP contribution in [0.1, 0.15) is 42.9 Å². The minimum Gasteiger partial charge on any atom is -0.466 e. The number of piperidine rings is 1. The van der Waals surface area contributed by atoms with Gasteiger partial charge < -0.3 is 20.1 Å². The van der Waals surface area contributed by atoms with E-state index in [4.69, 9.17) is 15.2 Å². The van der Waals surface area contributed by atoms with Gasteiger partial charge in [0.2, 0.25) is 11.6 Å². The minimum absolute atomic E-state index is 0.0394. The van der Waals surface area contributed by atoms with Gasteiger partial charge in [0, 0.05) is 12.8 Å². The summed E-state index contributed by atoms with van der Waals surface area (Å²) < 4.78 is 16.2. The number of esters is 2. The maximum atomic E-state index is 12.3. The number of nitrogens with two attached hydrogens (primary N) is 1. The SMILES string of the molecule is CCOC(=O)c1nnn(-c2nonc2N)c1C[NH+]1CCC(C(=O)OCC)CC1. The number of nitrogen functional groups attached to an aromatic ring is 1. The first kappa shape index (κ1) is 19.7. The van der Waals surface area contributed by atoms with Gasteiger partial charge in [0.25, 0.3) is 0 Å². The van der Waals surface area contributed by atoms with E-state index in [-0.39, 0.29) is 35.8 Å².